The summed E-state index contributed by atoms with van der Waals surface area (Å²) in [7, 11) is 0. The van der Waals surface area contributed by atoms with Crippen molar-refractivity contribution >= 4 is 16.9 Å². The first-order valence-electron chi connectivity index (χ1n) is 6.97. The maximum absolute atomic E-state index is 12.3. The van der Waals surface area contributed by atoms with Gasteiger partial charge in [0, 0.05) is 12.6 Å². The molecule has 0 saturated carbocycles. The molecular weight excluding hydrogens is 252 g/mol. The smallest absolute Gasteiger partial charge is 0.271 e. The molecule has 1 amide bonds. The summed E-state index contributed by atoms with van der Waals surface area (Å²) in [5.41, 5.74) is 1.92. The predicted molar refractivity (Wildman–Crippen MR) is 77.4 cm³/mol. The molecule has 2 N–H and O–H groups in total. The highest BCUT2D eigenvalue weighted by Gasteiger charge is 2.23. The van der Waals surface area contributed by atoms with Gasteiger partial charge in [-0.25, -0.2) is 4.98 Å². The minimum absolute atomic E-state index is 0.149. The van der Waals surface area contributed by atoms with Crippen molar-refractivity contribution in [2.24, 2.45) is 5.92 Å². The van der Waals surface area contributed by atoms with E-state index < -0.39 is 0 Å². The number of rotatable bonds is 2. The standard InChI is InChI=1S/C15H18N4O/c1-10-6-7-16-8-13(10)19-15(20)14-9-17-11-4-2-3-5-12(11)18-14/h2-5,9-10,13,16H,6-8H2,1H3,(H,19,20). The molecule has 2 atom stereocenters. The number of para-hydroxylation sites is 2. The molecule has 3 rings (SSSR count). The van der Waals surface area contributed by atoms with E-state index in [1.807, 2.05) is 24.3 Å². The minimum Gasteiger partial charge on any atom is -0.346 e. The Morgan fingerprint density at radius 3 is 2.95 bits per heavy atom. The van der Waals surface area contributed by atoms with E-state index in [2.05, 4.69) is 27.5 Å². The summed E-state index contributed by atoms with van der Waals surface area (Å²) < 4.78 is 0. The average Bonchev–Trinajstić information content (AvgIpc) is 2.49. The van der Waals surface area contributed by atoms with Crippen LogP contribution >= 0.6 is 0 Å². The molecule has 20 heavy (non-hydrogen) atoms. The normalized spacial score (nSPS) is 22.6. The quantitative estimate of drug-likeness (QED) is 0.864. The summed E-state index contributed by atoms with van der Waals surface area (Å²) in [6.45, 7) is 4.00. The molecule has 1 aromatic carbocycles. The monoisotopic (exact) mass is 270 g/mol. The Labute approximate surface area is 117 Å². The maximum Gasteiger partial charge on any atom is 0.271 e. The van der Waals surface area contributed by atoms with Gasteiger partial charge in [0.1, 0.15) is 5.69 Å². The maximum atomic E-state index is 12.3. The number of hydrogen-bond acceptors (Lipinski definition) is 4. The minimum atomic E-state index is -0.149. The molecule has 1 saturated heterocycles. The van der Waals surface area contributed by atoms with Crippen molar-refractivity contribution in [2.75, 3.05) is 13.1 Å². The zero-order valence-corrected chi connectivity index (χ0v) is 11.5. The predicted octanol–water partition coefficient (Wildman–Crippen LogP) is 1.36. The first-order chi connectivity index (χ1) is 9.74. The summed E-state index contributed by atoms with van der Waals surface area (Å²) in [6, 6.07) is 7.71. The number of carbonyl (C=O) groups is 1. The van der Waals surface area contributed by atoms with Crippen LogP contribution in [0.25, 0.3) is 11.0 Å². The number of benzene rings is 1. The van der Waals surface area contributed by atoms with Crippen LogP contribution in [-0.4, -0.2) is 35.0 Å². The fraction of sp³-hybridized carbons (Fsp3) is 0.400. The number of amides is 1. The summed E-state index contributed by atoms with van der Waals surface area (Å²) in [5, 5.41) is 6.35. The van der Waals surface area contributed by atoms with Gasteiger partial charge in [-0.1, -0.05) is 19.1 Å². The molecular formula is C15H18N4O. The van der Waals surface area contributed by atoms with E-state index in [1.165, 1.54) is 0 Å². The number of carbonyl (C=O) groups excluding carboxylic acids is 1. The average molecular weight is 270 g/mol. The van der Waals surface area contributed by atoms with E-state index in [0.717, 1.165) is 30.5 Å². The number of nitrogens with zero attached hydrogens (tertiary/aromatic N) is 2. The first-order valence-corrected chi connectivity index (χ1v) is 6.97. The number of aromatic nitrogens is 2. The van der Waals surface area contributed by atoms with Crippen LogP contribution in [0.4, 0.5) is 0 Å². The van der Waals surface area contributed by atoms with Crippen LogP contribution in [0.3, 0.4) is 0 Å². The largest absolute Gasteiger partial charge is 0.346 e. The molecule has 1 aliphatic heterocycles. The molecule has 1 fully saturated rings. The molecule has 0 spiro atoms. The SMILES string of the molecule is CC1CCNCC1NC(=O)c1cnc2ccccc2n1. The lowest BCUT2D eigenvalue weighted by molar-refractivity contribution is 0.0910. The van der Waals surface area contributed by atoms with E-state index in [1.54, 1.807) is 6.20 Å². The molecule has 1 aromatic heterocycles. The lowest BCUT2D eigenvalue weighted by Gasteiger charge is -2.30. The number of nitrogens with one attached hydrogen (secondary N) is 2. The highest BCUT2D eigenvalue weighted by Crippen LogP contribution is 2.12. The molecule has 2 unspecified atom stereocenters. The van der Waals surface area contributed by atoms with Crippen LogP contribution in [0, 0.1) is 5.92 Å². The van der Waals surface area contributed by atoms with Crippen molar-refractivity contribution in [2.45, 2.75) is 19.4 Å². The van der Waals surface area contributed by atoms with Crippen LogP contribution in [0.5, 0.6) is 0 Å². The number of fused-ring (bicyclic) bond motifs is 1. The van der Waals surface area contributed by atoms with Crippen molar-refractivity contribution in [3.8, 4) is 0 Å². The Kier molecular flexibility index (Phi) is 3.60. The van der Waals surface area contributed by atoms with E-state index in [9.17, 15) is 4.79 Å². The third-order valence-corrected chi connectivity index (χ3v) is 3.83. The van der Waals surface area contributed by atoms with Crippen molar-refractivity contribution in [1.29, 1.82) is 0 Å². The van der Waals surface area contributed by atoms with Gasteiger partial charge in [-0.2, -0.15) is 0 Å². The van der Waals surface area contributed by atoms with Crippen LogP contribution < -0.4 is 10.6 Å². The topological polar surface area (TPSA) is 66.9 Å². The van der Waals surface area contributed by atoms with Gasteiger partial charge in [-0.3, -0.25) is 9.78 Å². The van der Waals surface area contributed by atoms with Crippen LogP contribution in [0.15, 0.2) is 30.5 Å². The summed E-state index contributed by atoms with van der Waals surface area (Å²) in [5.74, 6) is 0.331. The number of piperidine rings is 1. The Morgan fingerprint density at radius 2 is 2.15 bits per heavy atom. The highest BCUT2D eigenvalue weighted by atomic mass is 16.2. The lowest BCUT2D eigenvalue weighted by atomic mass is 9.95. The van der Waals surface area contributed by atoms with Gasteiger partial charge in [-0.05, 0) is 31.0 Å². The van der Waals surface area contributed by atoms with Crippen molar-refractivity contribution in [1.82, 2.24) is 20.6 Å². The zero-order chi connectivity index (χ0) is 13.9. The van der Waals surface area contributed by atoms with Gasteiger partial charge in [0.25, 0.3) is 5.91 Å². The molecule has 0 radical (unpaired) electrons. The molecule has 5 nitrogen and oxygen atoms in total. The summed E-state index contributed by atoms with van der Waals surface area (Å²) in [4.78, 5) is 20.9. The van der Waals surface area contributed by atoms with E-state index >= 15 is 0 Å². The van der Waals surface area contributed by atoms with E-state index in [0.29, 0.717) is 11.6 Å². The fourth-order valence-corrected chi connectivity index (χ4v) is 2.49. The molecule has 5 heteroatoms. The van der Waals surface area contributed by atoms with Gasteiger partial charge in [0.15, 0.2) is 0 Å². The third-order valence-electron chi connectivity index (χ3n) is 3.83. The second-order valence-corrected chi connectivity index (χ2v) is 5.29. The van der Waals surface area contributed by atoms with Crippen molar-refractivity contribution in [3.63, 3.8) is 0 Å². The van der Waals surface area contributed by atoms with Gasteiger partial charge in [-0.15, -0.1) is 0 Å². The van der Waals surface area contributed by atoms with Gasteiger partial charge in [0.2, 0.25) is 0 Å². The lowest BCUT2D eigenvalue weighted by Crippen LogP contribution is -2.50. The van der Waals surface area contributed by atoms with Crippen LogP contribution in [0.1, 0.15) is 23.8 Å². The van der Waals surface area contributed by atoms with Gasteiger partial charge >= 0.3 is 0 Å². The molecule has 104 valence electrons. The van der Waals surface area contributed by atoms with Crippen molar-refractivity contribution < 1.29 is 4.79 Å². The fourth-order valence-electron chi connectivity index (χ4n) is 2.49. The Balaban J connectivity index is 1.78. The van der Waals surface area contributed by atoms with E-state index in [4.69, 9.17) is 0 Å². The zero-order valence-electron chi connectivity index (χ0n) is 11.5. The van der Waals surface area contributed by atoms with Gasteiger partial charge in [0.05, 0.1) is 17.2 Å². The molecule has 2 heterocycles. The van der Waals surface area contributed by atoms with Gasteiger partial charge < -0.3 is 10.6 Å². The van der Waals surface area contributed by atoms with Crippen LogP contribution in [-0.2, 0) is 0 Å². The van der Waals surface area contributed by atoms with Crippen molar-refractivity contribution in [3.05, 3.63) is 36.2 Å². The summed E-state index contributed by atoms with van der Waals surface area (Å²) in [6.07, 6.45) is 2.62. The molecule has 2 aromatic rings. The molecule has 0 aliphatic carbocycles. The third kappa shape index (κ3) is 2.63. The second kappa shape index (κ2) is 5.54. The number of hydrogen-bond donors (Lipinski definition) is 2. The van der Waals surface area contributed by atoms with E-state index in [-0.39, 0.29) is 11.9 Å². The Morgan fingerprint density at radius 1 is 1.35 bits per heavy atom. The highest BCUT2D eigenvalue weighted by molar-refractivity contribution is 5.93. The molecule has 1 aliphatic rings. The second-order valence-electron chi connectivity index (χ2n) is 5.29. The molecule has 0 bridgehead atoms. The Hall–Kier alpha value is -2.01. The first kappa shape index (κ1) is 13.0. The summed E-state index contributed by atoms with van der Waals surface area (Å²) >= 11 is 0. The van der Waals surface area contributed by atoms with Crippen LogP contribution in [0.2, 0.25) is 0 Å². The Bertz CT molecular complexity index is 628.